The Kier molecular flexibility index (Phi) is 10.8. The maximum Gasteiger partial charge on any atom is 0.237 e. The Bertz CT molecular complexity index is 503. The van der Waals surface area contributed by atoms with Crippen LogP contribution in [0.2, 0.25) is 0 Å². The summed E-state index contributed by atoms with van der Waals surface area (Å²) >= 11 is 7.55. The molecule has 2 saturated heterocycles. The first-order chi connectivity index (χ1) is 12.7. The second kappa shape index (κ2) is 11.6. The van der Waals surface area contributed by atoms with Gasteiger partial charge in [-0.1, -0.05) is 13.3 Å². The summed E-state index contributed by atoms with van der Waals surface area (Å²) in [6, 6.07) is -0.934. The third-order valence-corrected chi connectivity index (χ3v) is 6.76. The number of ether oxygens (including phenoxy) is 1. The Morgan fingerprint density at radius 3 is 2.50 bits per heavy atom. The van der Waals surface area contributed by atoms with Crippen molar-refractivity contribution in [3.05, 3.63) is 0 Å². The molecule has 2 aliphatic rings. The predicted molar refractivity (Wildman–Crippen MR) is 114 cm³/mol. The lowest BCUT2D eigenvalue weighted by Gasteiger charge is -2.44. The monoisotopic (exact) mass is 460 g/mol. The van der Waals surface area contributed by atoms with Crippen LogP contribution in [0.1, 0.15) is 33.1 Å². The van der Waals surface area contributed by atoms with Gasteiger partial charge in [-0.05, 0) is 39.0 Å². The number of likely N-dealkylation sites (tertiary alicyclic amines) is 1. The molecule has 0 spiro atoms. The zero-order valence-electron chi connectivity index (χ0n) is 16.8. The number of rotatable bonds is 7. The summed E-state index contributed by atoms with van der Waals surface area (Å²) in [5.74, 6) is 0.350. The number of nitrogens with one attached hydrogen (secondary N) is 1. The van der Waals surface area contributed by atoms with E-state index in [0.717, 1.165) is 25.8 Å². The smallest absolute Gasteiger partial charge is 0.237 e. The highest BCUT2D eigenvalue weighted by molar-refractivity contribution is 7.99. The summed E-state index contributed by atoms with van der Waals surface area (Å²) in [5, 5.41) is 33.0. The van der Waals surface area contributed by atoms with Crippen LogP contribution >= 0.6 is 35.8 Å². The largest absolute Gasteiger partial charge is 0.388 e. The van der Waals surface area contributed by atoms with Gasteiger partial charge in [-0.15, -0.1) is 35.8 Å². The number of amides is 1. The van der Waals surface area contributed by atoms with Crippen molar-refractivity contribution in [2.45, 2.75) is 80.4 Å². The Morgan fingerprint density at radius 2 is 1.96 bits per heavy atom. The first kappa shape index (κ1) is 26.2. The van der Waals surface area contributed by atoms with E-state index >= 15 is 0 Å². The molecule has 0 radical (unpaired) electrons. The molecule has 2 fully saturated rings. The Labute approximate surface area is 182 Å². The van der Waals surface area contributed by atoms with Gasteiger partial charge in [0, 0.05) is 6.54 Å². The number of thioether (sulfide) groups is 1. The molecule has 1 amide bonds. The van der Waals surface area contributed by atoms with Gasteiger partial charge in [0.25, 0.3) is 0 Å². The van der Waals surface area contributed by atoms with Crippen LogP contribution in [0, 0.1) is 5.92 Å². The number of aliphatic hydroxyl groups excluding tert-OH is 3. The molecule has 7 nitrogen and oxygen atoms in total. The molecule has 28 heavy (non-hydrogen) atoms. The van der Waals surface area contributed by atoms with Crippen LogP contribution in [-0.4, -0.2) is 93.3 Å². The zero-order valence-corrected chi connectivity index (χ0v) is 19.2. The number of halogens is 2. The van der Waals surface area contributed by atoms with Crippen LogP contribution in [0.5, 0.6) is 0 Å². The fourth-order valence-corrected chi connectivity index (χ4v) is 5.00. The third kappa shape index (κ3) is 5.88. The molecular formula is C18H34Cl2N2O5S. The molecule has 10 heteroatoms. The average Bonchev–Trinajstić information content (AvgIpc) is 2.99. The van der Waals surface area contributed by atoms with E-state index in [0.29, 0.717) is 5.92 Å². The van der Waals surface area contributed by atoms with Crippen molar-refractivity contribution in [1.82, 2.24) is 10.2 Å². The maximum absolute atomic E-state index is 12.9. The molecule has 2 heterocycles. The van der Waals surface area contributed by atoms with Crippen LogP contribution in [0.15, 0.2) is 0 Å². The van der Waals surface area contributed by atoms with Gasteiger partial charge in [0.15, 0.2) is 0 Å². The summed E-state index contributed by atoms with van der Waals surface area (Å²) in [4.78, 5) is 14.9. The van der Waals surface area contributed by atoms with Crippen LogP contribution in [0.4, 0.5) is 0 Å². The minimum Gasteiger partial charge on any atom is -0.388 e. The van der Waals surface area contributed by atoms with E-state index < -0.39 is 41.3 Å². The van der Waals surface area contributed by atoms with Crippen molar-refractivity contribution >= 4 is 41.7 Å². The van der Waals surface area contributed by atoms with E-state index in [1.807, 2.05) is 11.9 Å². The number of likely N-dealkylation sites (N-methyl/N-ethyl adjacent to an activating group) is 1. The van der Waals surface area contributed by atoms with Gasteiger partial charge >= 0.3 is 0 Å². The van der Waals surface area contributed by atoms with E-state index in [4.69, 9.17) is 16.3 Å². The lowest BCUT2D eigenvalue weighted by atomic mass is 9.92. The van der Waals surface area contributed by atoms with Crippen molar-refractivity contribution < 1.29 is 24.9 Å². The summed E-state index contributed by atoms with van der Waals surface area (Å²) in [6.45, 7) is 4.74. The molecular weight excluding hydrogens is 427 g/mol. The minimum atomic E-state index is -1.36. The molecule has 0 aromatic heterocycles. The number of carbonyl (C=O) groups is 1. The van der Waals surface area contributed by atoms with Crippen molar-refractivity contribution in [3.63, 3.8) is 0 Å². The predicted octanol–water partition coefficient (Wildman–Crippen LogP) is 0.811. The van der Waals surface area contributed by atoms with E-state index in [9.17, 15) is 20.1 Å². The van der Waals surface area contributed by atoms with E-state index in [-0.39, 0.29) is 24.4 Å². The summed E-state index contributed by atoms with van der Waals surface area (Å²) in [7, 11) is 1.94. The molecule has 0 bridgehead atoms. The van der Waals surface area contributed by atoms with Gasteiger partial charge < -0.3 is 25.4 Å². The molecule has 2 rings (SSSR count). The molecule has 0 aromatic carbocycles. The third-order valence-electron chi connectivity index (χ3n) is 5.63. The number of nitrogens with zero attached hydrogens (tertiary/aromatic N) is 1. The molecule has 4 N–H and O–H groups in total. The van der Waals surface area contributed by atoms with Crippen LogP contribution in [-0.2, 0) is 9.53 Å². The average molecular weight is 461 g/mol. The van der Waals surface area contributed by atoms with Gasteiger partial charge in [0.2, 0.25) is 5.91 Å². The Hall–Kier alpha value is 0.200. The normalized spacial score (nSPS) is 38.5. The summed E-state index contributed by atoms with van der Waals surface area (Å²) in [6.07, 6.45) is -0.0980. The van der Waals surface area contributed by atoms with Gasteiger partial charge in [-0.3, -0.25) is 9.69 Å². The number of carbonyl (C=O) groups excluding carboxylic acids is 1. The van der Waals surface area contributed by atoms with Gasteiger partial charge in [0.1, 0.15) is 29.9 Å². The minimum absolute atomic E-state index is 0. The fraction of sp³-hybridized carbons (Fsp3) is 0.944. The Balaban J connectivity index is 0.00000392. The lowest BCUT2D eigenvalue weighted by molar-refractivity contribution is -0.205. The van der Waals surface area contributed by atoms with Crippen LogP contribution in [0.3, 0.4) is 0 Å². The van der Waals surface area contributed by atoms with Gasteiger partial charge in [-0.2, -0.15) is 0 Å². The van der Waals surface area contributed by atoms with Crippen molar-refractivity contribution in [1.29, 1.82) is 0 Å². The van der Waals surface area contributed by atoms with Gasteiger partial charge in [-0.25, -0.2) is 0 Å². The quantitative estimate of drug-likeness (QED) is 0.416. The standard InChI is InChI=1S/C18H33ClN2O5S.ClH/c1-5-6-10-7-11(21(3)8-10)17(25)20-12(9(2)19)16-14(23)13(22)15(24)18(26-16)27-4;/h9-16,18,22-24H,5-8H2,1-4H3,(H,20,25);1H/t9?,10-,11+,12?,13+,14-,15+,16?,18-;/m1./s1. The fourth-order valence-electron chi connectivity index (χ4n) is 4.11. The summed E-state index contributed by atoms with van der Waals surface area (Å²) in [5.41, 5.74) is -0.702. The lowest BCUT2D eigenvalue weighted by Crippen LogP contribution is -2.65. The first-order valence-corrected chi connectivity index (χ1v) is 11.3. The van der Waals surface area contributed by atoms with E-state index in [1.165, 1.54) is 11.8 Å². The first-order valence-electron chi connectivity index (χ1n) is 9.58. The zero-order chi connectivity index (χ0) is 20.3. The van der Waals surface area contributed by atoms with Gasteiger partial charge in [0.05, 0.1) is 17.5 Å². The van der Waals surface area contributed by atoms with Crippen LogP contribution < -0.4 is 5.32 Å². The highest BCUT2D eigenvalue weighted by Gasteiger charge is 2.48. The molecule has 0 aromatic rings. The molecule has 2 aliphatic heterocycles. The number of alkyl halides is 1. The maximum atomic E-state index is 12.9. The number of hydrogen-bond acceptors (Lipinski definition) is 7. The highest BCUT2D eigenvalue weighted by atomic mass is 35.5. The molecule has 0 aliphatic carbocycles. The Morgan fingerprint density at radius 1 is 1.32 bits per heavy atom. The molecule has 9 atom stereocenters. The molecule has 166 valence electrons. The second-order valence-corrected chi connectivity index (χ2v) is 9.36. The summed E-state index contributed by atoms with van der Waals surface area (Å²) < 4.78 is 5.79. The van der Waals surface area contributed by atoms with Crippen molar-refractivity contribution in [2.75, 3.05) is 19.8 Å². The molecule has 0 saturated carbocycles. The number of aliphatic hydroxyl groups is 3. The van der Waals surface area contributed by atoms with E-state index in [2.05, 4.69) is 12.2 Å². The molecule has 3 unspecified atom stereocenters. The topological polar surface area (TPSA) is 102 Å². The SMILES string of the molecule is CCC[C@@H]1C[C@@H](C(=O)NC(C(C)Cl)C2O[C@H](SC)[C@@H](O)[C@@H](O)[C@H]2O)N(C)C1.Cl. The number of hydrogen-bond donors (Lipinski definition) is 4. The highest BCUT2D eigenvalue weighted by Crippen LogP contribution is 2.31. The van der Waals surface area contributed by atoms with Crippen LogP contribution in [0.25, 0.3) is 0 Å². The second-order valence-electron chi connectivity index (χ2n) is 7.73. The van der Waals surface area contributed by atoms with Crippen molar-refractivity contribution in [2.24, 2.45) is 5.92 Å². The van der Waals surface area contributed by atoms with Crippen molar-refractivity contribution in [3.8, 4) is 0 Å². The van der Waals surface area contributed by atoms with E-state index in [1.54, 1.807) is 13.2 Å².